The number of rotatable bonds is 2. The summed E-state index contributed by atoms with van der Waals surface area (Å²) in [4.78, 5) is 27.2. The molecule has 1 amide bonds. The number of halogens is 1. The first kappa shape index (κ1) is 17.9. The predicted molar refractivity (Wildman–Crippen MR) is 102 cm³/mol. The van der Waals surface area contributed by atoms with Crippen molar-refractivity contribution in [1.29, 1.82) is 0 Å². The summed E-state index contributed by atoms with van der Waals surface area (Å²) >= 11 is 5.99. The van der Waals surface area contributed by atoms with E-state index in [0.29, 0.717) is 60.0 Å². The van der Waals surface area contributed by atoms with Crippen molar-refractivity contribution in [2.24, 2.45) is 0 Å². The smallest absolute Gasteiger partial charge is 0.253 e. The average Bonchev–Trinajstić information content (AvgIpc) is 2.69. The van der Waals surface area contributed by atoms with Crippen LogP contribution < -0.4 is 9.47 Å². The normalized spacial score (nSPS) is 18.0. The van der Waals surface area contributed by atoms with Crippen molar-refractivity contribution in [3.05, 3.63) is 58.6 Å². The molecule has 1 fully saturated rings. The molecule has 0 aromatic heterocycles. The molecule has 0 radical (unpaired) electrons. The molecule has 140 valence electrons. The number of nitrogens with zero attached hydrogens (tertiary/aromatic N) is 1. The van der Waals surface area contributed by atoms with Gasteiger partial charge in [0.05, 0.1) is 19.1 Å². The molecule has 2 aromatic carbocycles. The minimum Gasteiger partial charge on any atom is -0.497 e. The van der Waals surface area contributed by atoms with E-state index in [9.17, 15) is 9.59 Å². The van der Waals surface area contributed by atoms with Crippen molar-refractivity contribution in [2.75, 3.05) is 20.2 Å². The van der Waals surface area contributed by atoms with Gasteiger partial charge >= 0.3 is 0 Å². The van der Waals surface area contributed by atoms with Crippen molar-refractivity contribution >= 4 is 23.3 Å². The van der Waals surface area contributed by atoms with Crippen LogP contribution in [0.2, 0.25) is 5.02 Å². The number of fused-ring (bicyclic) bond motifs is 1. The highest BCUT2D eigenvalue weighted by molar-refractivity contribution is 6.31. The maximum Gasteiger partial charge on any atom is 0.253 e. The summed E-state index contributed by atoms with van der Waals surface area (Å²) in [6.07, 6.45) is 1.56. The number of ketones is 1. The first-order valence-electron chi connectivity index (χ1n) is 8.95. The van der Waals surface area contributed by atoms with Gasteiger partial charge in [0.15, 0.2) is 5.78 Å². The Morgan fingerprint density at radius 2 is 1.96 bits per heavy atom. The number of hydrogen-bond acceptors (Lipinski definition) is 4. The second kappa shape index (κ2) is 6.89. The van der Waals surface area contributed by atoms with Gasteiger partial charge < -0.3 is 14.4 Å². The number of carbonyl (C=O) groups excluding carboxylic acids is 2. The van der Waals surface area contributed by atoms with Gasteiger partial charge in [0.1, 0.15) is 17.1 Å². The van der Waals surface area contributed by atoms with E-state index in [1.807, 2.05) is 17.0 Å². The number of benzene rings is 2. The fraction of sp³-hybridized carbons (Fsp3) is 0.333. The molecule has 27 heavy (non-hydrogen) atoms. The maximum absolute atomic E-state index is 12.8. The lowest BCUT2D eigenvalue weighted by Gasteiger charge is -2.44. The highest BCUT2D eigenvalue weighted by atomic mass is 35.5. The van der Waals surface area contributed by atoms with Crippen molar-refractivity contribution < 1.29 is 19.1 Å². The van der Waals surface area contributed by atoms with Crippen LogP contribution in [-0.2, 0) is 0 Å². The Bertz CT molecular complexity index is 903. The van der Waals surface area contributed by atoms with Gasteiger partial charge in [0.2, 0.25) is 0 Å². The Hall–Kier alpha value is -2.53. The van der Waals surface area contributed by atoms with Crippen LogP contribution in [0.15, 0.2) is 42.5 Å². The van der Waals surface area contributed by atoms with Crippen LogP contribution in [0.5, 0.6) is 11.5 Å². The van der Waals surface area contributed by atoms with Gasteiger partial charge in [-0.3, -0.25) is 9.59 Å². The van der Waals surface area contributed by atoms with Crippen LogP contribution in [-0.4, -0.2) is 42.4 Å². The molecule has 6 heteroatoms. The lowest BCUT2D eigenvalue weighted by molar-refractivity contribution is -0.00571. The molecule has 4 rings (SSSR count). The van der Waals surface area contributed by atoms with Crippen LogP contribution in [0.4, 0.5) is 0 Å². The largest absolute Gasteiger partial charge is 0.497 e. The zero-order chi connectivity index (χ0) is 19.0. The van der Waals surface area contributed by atoms with E-state index in [1.165, 1.54) is 0 Å². The maximum atomic E-state index is 12.8. The Balaban J connectivity index is 1.48. The molecule has 0 unspecified atom stereocenters. The molecule has 0 N–H and O–H groups in total. The summed E-state index contributed by atoms with van der Waals surface area (Å²) in [5, 5.41) is 0.528. The van der Waals surface area contributed by atoms with Crippen molar-refractivity contribution in [2.45, 2.75) is 24.9 Å². The Kier molecular flexibility index (Phi) is 4.56. The number of piperidine rings is 1. The van der Waals surface area contributed by atoms with Crippen molar-refractivity contribution in [1.82, 2.24) is 4.90 Å². The first-order chi connectivity index (χ1) is 13.0. The standard InChI is InChI=1S/C21H20ClNO4/c1-26-16-4-2-3-14(11-16)20(25)23-9-7-21(8-10-23)13-18(24)17-12-15(22)5-6-19(17)27-21/h2-6,11-12H,7-10,13H2,1H3. The van der Waals surface area contributed by atoms with E-state index in [2.05, 4.69) is 0 Å². The van der Waals surface area contributed by atoms with E-state index in [-0.39, 0.29) is 11.7 Å². The molecule has 0 bridgehead atoms. The van der Waals surface area contributed by atoms with Gasteiger partial charge in [-0.2, -0.15) is 0 Å². The topological polar surface area (TPSA) is 55.8 Å². The van der Waals surface area contributed by atoms with Crippen molar-refractivity contribution in [3.63, 3.8) is 0 Å². The second-order valence-corrected chi connectivity index (χ2v) is 7.49. The minimum absolute atomic E-state index is 0.0296. The third-order valence-corrected chi connectivity index (χ3v) is 5.56. The highest BCUT2D eigenvalue weighted by Gasteiger charge is 2.43. The highest BCUT2D eigenvalue weighted by Crippen LogP contribution is 2.40. The lowest BCUT2D eigenvalue weighted by Crippen LogP contribution is -2.52. The third-order valence-electron chi connectivity index (χ3n) is 5.33. The summed E-state index contributed by atoms with van der Waals surface area (Å²) in [7, 11) is 1.58. The minimum atomic E-state index is -0.539. The summed E-state index contributed by atoms with van der Waals surface area (Å²) in [5.41, 5.74) is 0.609. The predicted octanol–water partition coefficient (Wildman–Crippen LogP) is 3.99. The first-order valence-corrected chi connectivity index (χ1v) is 9.33. The van der Waals surface area contributed by atoms with Gasteiger partial charge in [0.25, 0.3) is 5.91 Å². The zero-order valence-electron chi connectivity index (χ0n) is 15.0. The summed E-state index contributed by atoms with van der Waals surface area (Å²) < 4.78 is 11.4. The molecule has 0 saturated carbocycles. The summed E-state index contributed by atoms with van der Waals surface area (Å²) in [6.45, 7) is 1.10. The number of methoxy groups -OCH3 is 1. The number of likely N-dealkylation sites (tertiary alicyclic amines) is 1. The van der Waals surface area contributed by atoms with Crippen LogP contribution in [0.25, 0.3) is 0 Å². The molecule has 5 nitrogen and oxygen atoms in total. The molecule has 2 aromatic rings. The van der Waals surface area contributed by atoms with Crippen LogP contribution in [0.1, 0.15) is 40.0 Å². The fourth-order valence-corrected chi connectivity index (χ4v) is 3.97. The average molecular weight is 386 g/mol. The number of hydrogen-bond donors (Lipinski definition) is 0. The monoisotopic (exact) mass is 385 g/mol. The number of Topliss-reactive ketones (excluding diaryl/α,β-unsaturated/α-hetero) is 1. The molecular weight excluding hydrogens is 366 g/mol. The second-order valence-electron chi connectivity index (χ2n) is 7.05. The van der Waals surface area contributed by atoms with E-state index in [0.717, 1.165) is 0 Å². The fourth-order valence-electron chi connectivity index (χ4n) is 3.80. The molecule has 0 atom stereocenters. The van der Waals surface area contributed by atoms with E-state index in [4.69, 9.17) is 21.1 Å². The van der Waals surface area contributed by atoms with Crippen molar-refractivity contribution in [3.8, 4) is 11.5 Å². The molecule has 2 aliphatic heterocycles. The summed E-state index contributed by atoms with van der Waals surface area (Å²) in [5.74, 6) is 1.26. The molecule has 2 heterocycles. The van der Waals surface area contributed by atoms with Crippen LogP contribution in [0, 0.1) is 0 Å². The Morgan fingerprint density at radius 3 is 2.70 bits per heavy atom. The van der Waals surface area contributed by atoms with Crippen LogP contribution in [0.3, 0.4) is 0 Å². The number of amides is 1. The third kappa shape index (κ3) is 3.39. The quantitative estimate of drug-likeness (QED) is 0.784. The van der Waals surface area contributed by atoms with E-state index >= 15 is 0 Å². The number of carbonyl (C=O) groups is 2. The van der Waals surface area contributed by atoms with Crippen LogP contribution >= 0.6 is 11.6 Å². The number of ether oxygens (including phenoxy) is 2. The van der Waals surface area contributed by atoms with Gasteiger partial charge in [-0.15, -0.1) is 0 Å². The molecule has 0 aliphatic carbocycles. The Labute approximate surface area is 162 Å². The molecule has 1 spiro atoms. The van der Waals surface area contributed by atoms with E-state index in [1.54, 1.807) is 37.4 Å². The SMILES string of the molecule is COc1cccc(C(=O)N2CCC3(CC2)CC(=O)c2cc(Cl)ccc2O3)c1. The Morgan fingerprint density at radius 1 is 1.19 bits per heavy atom. The van der Waals surface area contributed by atoms with Gasteiger partial charge in [-0.05, 0) is 36.4 Å². The van der Waals surface area contributed by atoms with Gasteiger partial charge in [-0.1, -0.05) is 17.7 Å². The summed E-state index contributed by atoms with van der Waals surface area (Å²) in [6, 6.07) is 12.3. The molecule has 1 saturated heterocycles. The van der Waals surface area contributed by atoms with E-state index < -0.39 is 5.60 Å². The van der Waals surface area contributed by atoms with Gasteiger partial charge in [-0.25, -0.2) is 0 Å². The molecule has 2 aliphatic rings. The zero-order valence-corrected chi connectivity index (χ0v) is 15.8. The van der Waals surface area contributed by atoms with Gasteiger partial charge in [0, 0.05) is 36.5 Å². The molecular formula is C21H20ClNO4. The lowest BCUT2D eigenvalue weighted by atomic mass is 9.82.